The summed E-state index contributed by atoms with van der Waals surface area (Å²) in [5.74, 6) is -1.76. The van der Waals surface area contributed by atoms with E-state index in [0.29, 0.717) is 11.4 Å². The Kier molecular flexibility index (Phi) is 3.97. The number of nitrogens with zero attached hydrogens (tertiary/aromatic N) is 1. The molecule has 1 fully saturated rings. The van der Waals surface area contributed by atoms with Gasteiger partial charge in [-0.3, -0.25) is 19.3 Å². The average Bonchev–Trinajstić information content (AvgIpc) is 2.61. The van der Waals surface area contributed by atoms with Crippen LogP contribution in [-0.4, -0.2) is 29.2 Å². The van der Waals surface area contributed by atoms with Gasteiger partial charge in [0.15, 0.2) is 0 Å². The van der Waals surface area contributed by atoms with Crippen molar-refractivity contribution in [2.45, 2.75) is 20.8 Å². The van der Waals surface area contributed by atoms with Gasteiger partial charge in [0, 0.05) is 23.2 Å². The van der Waals surface area contributed by atoms with Gasteiger partial charge >= 0.3 is 0 Å². The second kappa shape index (κ2) is 5.55. The molecule has 2 rings (SSSR count). The number of nitrogens with one attached hydrogen (secondary N) is 1. The Labute approximate surface area is 123 Å². The molecule has 21 heavy (non-hydrogen) atoms. The summed E-state index contributed by atoms with van der Waals surface area (Å²) in [7, 11) is 0. The molecule has 0 aromatic heterocycles. The van der Waals surface area contributed by atoms with Gasteiger partial charge in [-0.2, -0.15) is 0 Å². The van der Waals surface area contributed by atoms with Crippen LogP contribution in [0.2, 0.25) is 0 Å². The minimum atomic E-state index is -0.416. The van der Waals surface area contributed by atoms with Crippen LogP contribution in [0, 0.1) is 18.8 Å². The van der Waals surface area contributed by atoms with Crippen LogP contribution >= 0.6 is 0 Å². The molecule has 2 atom stereocenters. The molecule has 1 aromatic carbocycles. The first-order valence-electron chi connectivity index (χ1n) is 6.82. The molecule has 0 spiro atoms. The highest BCUT2D eigenvalue weighted by molar-refractivity contribution is 6.08. The fourth-order valence-electron chi connectivity index (χ4n) is 2.25. The molecule has 112 valence electrons. The highest BCUT2D eigenvalue weighted by Gasteiger charge is 2.42. The normalized spacial score (nSPS) is 21.8. The van der Waals surface area contributed by atoms with E-state index in [4.69, 9.17) is 5.73 Å². The predicted octanol–water partition coefficient (Wildman–Crippen LogP) is 1.16. The number of imide groups is 1. The number of benzene rings is 1. The highest BCUT2D eigenvalue weighted by atomic mass is 16.2. The van der Waals surface area contributed by atoms with Crippen LogP contribution in [0.1, 0.15) is 19.4 Å². The monoisotopic (exact) mass is 289 g/mol. The van der Waals surface area contributed by atoms with Gasteiger partial charge < -0.3 is 11.1 Å². The number of aryl methyl sites for hydroxylation is 1. The van der Waals surface area contributed by atoms with Crippen molar-refractivity contribution < 1.29 is 14.4 Å². The van der Waals surface area contributed by atoms with E-state index in [9.17, 15) is 14.4 Å². The van der Waals surface area contributed by atoms with Crippen molar-refractivity contribution in [1.82, 2.24) is 4.90 Å². The van der Waals surface area contributed by atoms with Gasteiger partial charge in [0.1, 0.15) is 6.54 Å². The van der Waals surface area contributed by atoms with E-state index in [1.54, 1.807) is 32.0 Å². The third-order valence-corrected chi connectivity index (χ3v) is 3.93. The molecular formula is C15H19N3O3. The van der Waals surface area contributed by atoms with Crippen molar-refractivity contribution in [3.8, 4) is 0 Å². The van der Waals surface area contributed by atoms with E-state index >= 15 is 0 Å². The third kappa shape index (κ3) is 2.89. The summed E-state index contributed by atoms with van der Waals surface area (Å²) in [5.41, 5.74) is 7.80. The van der Waals surface area contributed by atoms with E-state index in [1.807, 2.05) is 6.92 Å². The Hall–Kier alpha value is -2.37. The zero-order valence-electron chi connectivity index (χ0n) is 12.3. The molecule has 1 aromatic rings. The summed E-state index contributed by atoms with van der Waals surface area (Å²) in [6, 6.07) is 5.16. The Morgan fingerprint density at radius 1 is 1.24 bits per heavy atom. The van der Waals surface area contributed by atoms with Crippen molar-refractivity contribution in [1.29, 1.82) is 0 Å². The maximum absolute atomic E-state index is 12.0. The van der Waals surface area contributed by atoms with E-state index in [0.717, 1.165) is 10.5 Å². The second-order valence-corrected chi connectivity index (χ2v) is 5.46. The standard InChI is InChI=1S/C15H19N3O3/c1-8-4-5-11(6-12(8)16)17-13(19)7-18-14(20)9(2)10(3)15(18)21/h4-6,9-10H,7,16H2,1-3H3,(H,17,19). The minimum Gasteiger partial charge on any atom is -0.398 e. The number of anilines is 2. The summed E-state index contributed by atoms with van der Waals surface area (Å²) in [6.07, 6.45) is 0. The lowest BCUT2D eigenvalue weighted by Crippen LogP contribution is -2.38. The maximum atomic E-state index is 12.0. The van der Waals surface area contributed by atoms with Crippen molar-refractivity contribution >= 4 is 29.1 Å². The number of hydrogen-bond acceptors (Lipinski definition) is 4. The van der Waals surface area contributed by atoms with Crippen molar-refractivity contribution in [3.63, 3.8) is 0 Å². The Balaban J connectivity index is 2.03. The molecule has 1 heterocycles. The molecule has 2 unspecified atom stereocenters. The average molecular weight is 289 g/mol. The molecule has 3 amide bonds. The number of amides is 3. The molecular weight excluding hydrogens is 270 g/mol. The molecule has 1 saturated heterocycles. The van der Waals surface area contributed by atoms with Gasteiger partial charge in [-0.1, -0.05) is 19.9 Å². The molecule has 1 aliphatic rings. The third-order valence-electron chi connectivity index (χ3n) is 3.93. The quantitative estimate of drug-likeness (QED) is 0.645. The number of nitrogen functional groups attached to an aromatic ring is 1. The van der Waals surface area contributed by atoms with Crippen LogP contribution < -0.4 is 11.1 Å². The molecule has 0 saturated carbocycles. The molecule has 0 radical (unpaired) electrons. The van der Waals surface area contributed by atoms with Crippen molar-refractivity contribution in [2.24, 2.45) is 11.8 Å². The van der Waals surface area contributed by atoms with Crippen molar-refractivity contribution in [3.05, 3.63) is 23.8 Å². The number of likely N-dealkylation sites (tertiary alicyclic amines) is 1. The zero-order valence-corrected chi connectivity index (χ0v) is 12.3. The van der Waals surface area contributed by atoms with Crippen LogP contribution in [0.25, 0.3) is 0 Å². The fraction of sp³-hybridized carbons (Fsp3) is 0.400. The van der Waals surface area contributed by atoms with Crippen LogP contribution in [0.15, 0.2) is 18.2 Å². The fourth-order valence-corrected chi connectivity index (χ4v) is 2.25. The van der Waals surface area contributed by atoms with E-state index in [2.05, 4.69) is 5.32 Å². The van der Waals surface area contributed by atoms with Gasteiger partial charge in [-0.15, -0.1) is 0 Å². The van der Waals surface area contributed by atoms with Crippen LogP contribution in [0.4, 0.5) is 11.4 Å². The lowest BCUT2D eigenvalue weighted by molar-refractivity contribution is -0.142. The van der Waals surface area contributed by atoms with Crippen LogP contribution in [0.5, 0.6) is 0 Å². The van der Waals surface area contributed by atoms with E-state index in [1.165, 1.54) is 0 Å². The first kappa shape index (κ1) is 15.0. The molecule has 1 aliphatic heterocycles. The number of carbonyl (C=O) groups is 3. The molecule has 6 nitrogen and oxygen atoms in total. The Morgan fingerprint density at radius 2 is 1.81 bits per heavy atom. The van der Waals surface area contributed by atoms with E-state index in [-0.39, 0.29) is 30.2 Å². The van der Waals surface area contributed by atoms with Crippen molar-refractivity contribution in [2.75, 3.05) is 17.6 Å². The lowest BCUT2D eigenvalue weighted by Gasteiger charge is -2.14. The highest BCUT2D eigenvalue weighted by Crippen LogP contribution is 2.25. The molecule has 0 aliphatic carbocycles. The second-order valence-electron chi connectivity index (χ2n) is 5.46. The minimum absolute atomic E-state index is 0.264. The molecule has 6 heteroatoms. The van der Waals surface area contributed by atoms with Gasteiger partial charge in [-0.05, 0) is 24.6 Å². The van der Waals surface area contributed by atoms with Gasteiger partial charge in [0.2, 0.25) is 17.7 Å². The summed E-state index contributed by atoms with van der Waals surface area (Å²) in [5, 5.41) is 2.64. The first-order chi connectivity index (χ1) is 9.81. The topological polar surface area (TPSA) is 92.5 Å². The largest absolute Gasteiger partial charge is 0.398 e. The van der Waals surface area contributed by atoms with Crippen LogP contribution in [0.3, 0.4) is 0 Å². The molecule has 3 N–H and O–H groups in total. The molecule has 0 bridgehead atoms. The zero-order chi connectivity index (χ0) is 15.7. The predicted molar refractivity (Wildman–Crippen MR) is 79.3 cm³/mol. The summed E-state index contributed by atoms with van der Waals surface area (Å²) < 4.78 is 0. The van der Waals surface area contributed by atoms with E-state index < -0.39 is 5.91 Å². The van der Waals surface area contributed by atoms with Gasteiger partial charge in [-0.25, -0.2) is 0 Å². The number of hydrogen-bond donors (Lipinski definition) is 2. The number of nitrogens with two attached hydrogens (primary N) is 1. The maximum Gasteiger partial charge on any atom is 0.244 e. The summed E-state index contributed by atoms with van der Waals surface area (Å²) >= 11 is 0. The van der Waals surface area contributed by atoms with Gasteiger partial charge in [0.05, 0.1) is 0 Å². The summed E-state index contributed by atoms with van der Waals surface area (Å²) in [6.45, 7) is 5.00. The Morgan fingerprint density at radius 3 is 2.33 bits per heavy atom. The van der Waals surface area contributed by atoms with Crippen LogP contribution in [-0.2, 0) is 14.4 Å². The van der Waals surface area contributed by atoms with Gasteiger partial charge in [0.25, 0.3) is 0 Å². The SMILES string of the molecule is Cc1ccc(NC(=O)CN2C(=O)C(C)C(C)C2=O)cc1N. The summed E-state index contributed by atoms with van der Waals surface area (Å²) in [4.78, 5) is 36.8. The Bertz CT molecular complexity index is 592. The lowest BCUT2D eigenvalue weighted by atomic mass is 10.00. The first-order valence-corrected chi connectivity index (χ1v) is 6.82. The smallest absolute Gasteiger partial charge is 0.244 e. The number of rotatable bonds is 3. The number of carbonyl (C=O) groups excluding carboxylic acids is 3.